The topological polar surface area (TPSA) is 49.9 Å². The van der Waals surface area contributed by atoms with E-state index in [-0.39, 0.29) is 30.3 Å². The van der Waals surface area contributed by atoms with Crippen LogP contribution in [0.5, 0.6) is 0 Å². The first-order valence-electron chi connectivity index (χ1n) is 11.3. The molecule has 1 fully saturated rings. The highest BCUT2D eigenvalue weighted by molar-refractivity contribution is 7.10. The zero-order chi connectivity index (χ0) is 21.8. The minimum atomic E-state index is -0.0803. The Bertz CT molecular complexity index is 921. The molecule has 1 aliphatic carbocycles. The van der Waals surface area contributed by atoms with E-state index >= 15 is 0 Å². The second-order valence-electron chi connectivity index (χ2n) is 8.63. The molecule has 0 N–H and O–H groups in total. The first-order valence-corrected chi connectivity index (χ1v) is 12.2. The lowest BCUT2D eigenvalue weighted by atomic mass is 9.84. The van der Waals surface area contributed by atoms with Crippen LogP contribution in [0.2, 0.25) is 0 Å². The van der Waals surface area contributed by atoms with Crippen LogP contribution in [0.1, 0.15) is 53.3 Å². The van der Waals surface area contributed by atoms with E-state index in [9.17, 15) is 9.59 Å². The van der Waals surface area contributed by atoms with Gasteiger partial charge in [-0.25, -0.2) is 0 Å². The number of rotatable bonds is 8. The fourth-order valence-electron chi connectivity index (χ4n) is 4.65. The number of hydrogen-bond donors (Lipinski definition) is 0. The number of fused-ring (bicyclic) bond motifs is 1. The summed E-state index contributed by atoms with van der Waals surface area (Å²) in [6.45, 7) is 4.11. The molecule has 2 amide bonds. The summed E-state index contributed by atoms with van der Waals surface area (Å²) >= 11 is 1.77. The maximum absolute atomic E-state index is 13.6. The highest BCUT2D eigenvalue weighted by Crippen LogP contribution is 2.39. The number of hydrogen-bond acceptors (Lipinski definition) is 4. The van der Waals surface area contributed by atoms with Gasteiger partial charge in [0.2, 0.25) is 11.8 Å². The SMILES string of the molecule is COCCCN(CC(=O)N1CCc2sccc2C1c1ccccc1C)C(=O)C1CCC1. The third kappa shape index (κ3) is 4.70. The molecule has 6 heteroatoms. The Balaban J connectivity index is 1.57. The van der Waals surface area contributed by atoms with E-state index < -0.39 is 0 Å². The van der Waals surface area contributed by atoms with Crippen LogP contribution in [0.3, 0.4) is 0 Å². The minimum absolute atomic E-state index is 0.0372. The van der Waals surface area contributed by atoms with Crippen molar-refractivity contribution in [3.05, 3.63) is 57.3 Å². The first kappa shape index (κ1) is 22.0. The largest absolute Gasteiger partial charge is 0.385 e. The Hall–Kier alpha value is -2.18. The average Bonchev–Trinajstić information content (AvgIpc) is 3.20. The van der Waals surface area contributed by atoms with E-state index in [0.717, 1.165) is 32.1 Å². The van der Waals surface area contributed by atoms with Crippen molar-refractivity contribution >= 4 is 23.2 Å². The fraction of sp³-hybridized carbons (Fsp3) is 0.520. The highest BCUT2D eigenvalue weighted by atomic mass is 32.1. The summed E-state index contributed by atoms with van der Waals surface area (Å²) in [6.07, 6.45) is 4.63. The number of methoxy groups -OCH3 is 1. The van der Waals surface area contributed by atoms with Crippen LogP contribution in [-0.2, 0) is 20.7 Å². The molecular weight excluding hydrogens is 408 g/mol. The lowest BCUT2D eigenvalue weighted by Crippen LogP contribution is -2.49. The molecule has 0 radical (unpaired) electrons. The monoisotopic (exact) mass is 440 g/mol. The van der Waals surface area contributed by atoms with Gasteiger partial charge < -0.3 is 14.5 Å². The van der Waals surface area contributed by atoms with Crippen molar-refractivity contribution in [2.24, 2.45) is 5.92 Å². The zero-order valence-corrected chi connectivity index (χ0v) is 19.3. The van der Waals surface area contributed by atoms with E-state index in [0.29, 0.717) is 19.7 Å². The third-order valence-electron chi connectivity index (χ3n) is 6.64. The van der Waals surface area contributed by atoms with Crippen molar-refractivity contribution in [3.8, 4) is 0 Å². The molecule has 2 aliphatic rings. The molecule has 5 nitrogen and oxygen atoms in total. The van der Waals surface area contributed by atoms with Crippen molar-refractivity contribution in [1.29, 1.82) is 0 Å². The molecule has 1 saturated carbocycles. The summed E-state index contributed by atoms with van der Waals surface area (Å²) in [7, 11) is 1.67. The lowest BCUT2D eigenvalue weighted by Gasteiger charge is -2.39. The second-order valence-corrected chi connectivity index (χ2v) is 9.63. The Labute approximate surface area is 189 Å². The number of carbonyl (C=O) groups excluding carboxylic acids is 2. The Morgan fingerprint density at radius 3 is 2.71 bits per heavy atom. The minimum Gasteiger partial charge on any atom is -0.385 e. The molecule has 1 atom stereocenters. The van der Waals surface area contributed by atoms with Gasteiger partial charge >= 0.3 is 0 Å². The zero-order valence-electron chi connectivity index (χ0n) is 18.5. The molecule has 1 aromatic heterocycles. The van der Waals surface area contributed by atoms with Gasteiger partial charge in [-0.3, -0.25) is 9.59 Å². The maximum atomic E-state index is 13.6. The summed E-state index contributed by atoms with van der Waals surface area (Å²) in [6, 6.07) is 10.4. The van der Waals surface area contributed by atoms with Crippen LogP contribution in [0.15, 0.2) is 35.7 Å². The van der Waals surface area contributed by atoms with Crippen LogP contribution < -0.4 is 0 Å². The van der Waals surface area contributed by atoms with Gasteiger partial charge in [-0.2, -0.15) is 0 Å². The van der Waals surface area contributed by atoms with Crippen LogP contribution in [0, 0.1) is 12.8 Å². The summed E-state index contributed by atoms with van der Waals surface area (Å²) < 4.78 is 5.18. The Morgan fingerprint density at radius 2 is 2.00 bits per heavy atom. The number of nitrogens with zero attached hydrogens (tertiary/aromatic N) is 2. The molecule has 0 spiro atoms. The van der Waals surface area contributed by atoms with E-state index in [4.69, 9.17) is 4.74 Å². The molecule has 4 rings (SSSR count). The second kappa shape index (κ2) is 9.96. The van der Waals surface area contributed by atoms with Crippen molar-refractivity contribution in [3.63, 3.8) is 0 Å². The summed E-state index contributed by atoms with van der Waals surface area (Å²) in [5.74, 6) is 0.263. The first-order chi connectivity index (χ1) is 15.1. The number of aryl methyl sites for hydroxylation is 1. The van der Waals surface area contributed by atoms with Crippen LogP contribution in [0.4, 0.5) is 0 Å². The highest BCUT2D eigenvalue weighted by Gasteiger charge is 2.36. The van der Waals surface area contributed by atoms with Crippen molar-refractivity contribution in [2.75, 3.05) is 33.4 Å². The molecule has 166 valence electrons. The van der Waals surface area contributed by atoms with E-state index in [1.807, 2.05) is 17.0 Å². The number of amides is 2. The predicted molar refractivity (Wildman–Crippen MR) is 123 cm³/mol. The van der Waals surface area contributed by atoms with Crippen LogP contribution in [0.25, 0.3) is 0 Å². The van der Waals surface area contributed by atoms with Crippen molar-refractivity contribution in [1.82, 2.24) is 9.80 Å². The van der Waals surface area contributed by atoms with E-state index in [2.05, 4.69) is 30.5 Å². The lowest BCUT2D eigenvalue weighted by molar-refractivity contribution is -0.145. The molecule has 0 saturated heterocycles. The Morgan fingerprint density at radius 1 is 1.19 bits per heavy atom. The van der Waals surface area contributed by atoms with Gasteiger partial charge in [0.1, 0.15) is 0 Å². The molecule has 31 heavy (non-hydrogen) atoms. The van der Waals surface area contributed by atoms with Crippen molar-refractivity contribution in [2.45, 2.75) is 45.1 Å². The summed E-state index contributed by atoms with van der Waals surface area (Å²) in [4.78, 5) is 31.8. The fourth-order valence-corrected chi connectivity index (χ4v) is 5.55. The van der Waals surface area contributed by atoms with E-state index in [1.54, 1.807) is 23.3 Å². The number of ether oxygens (including phenoxy) is 1. The molecule has 2 heterocycles. The van der Waals surface area contributed by atoms with Crippen LogP contribution in [-0.4, -0.2) is 55.0 Å². The van der Waals surface area contributed by atoms with Gasteiger partial charge in [0.15, 0.2) is 0 Å². The molecule has 2 aromatic rings. The van der Waals surface area contributed by atoms with Gasteiger partial charge in [0.05, 0.1) is 12.6 Å². The summed E-state index contributed by atoms with van der Waals surface area (Å²) in [5, 5.41) is 2.13. The molecular formula is C25H32N2O3S. The molecule has 0 bridgehead atoms. The Kier molecular flexibility index (Phi) is 7.08. The standard InChI is InChI=1S/C25H32N2O3S/c1-18-7-3-4-10-20(18)24-21-12-16-31-22(21)11-14-27(24)23(28)17-26(13-6-15-30-2)25(29)19-8-5-9-19/h3-4,7,10,12,16,19,24H,5-6,8-9,11,13-15,17H2,1-2H3. The number of benzene rings is 1. The van der Waals surface area contributed by atoms with Crippen LogP contribution >= 0.6 is 11.3 Å². The molecule has 1 aromatic carbocycles. The van der Waals surface area contributed by atoms with Gasteiger partial charge in [0, 0.05) is 37.6 Å². The normalized spacial score (nSPS) is 18.4. The predicted octanol–water partition coefficient (Wildman–Crippen LogP) is 4.20. The number of carbonyl (C=O) groups is 2. The average molecular weight is 441 g/mol. The number of thiophene rings is 1. The molecule has 1 unspecified atom stereocenters. The van der Waals surface area contributed by atoms with Gasteiger partial charge in [-0.1, -0.05) is 30.7 Å². The van der Waals surface area contributed by atoms with E-state index in [1.165, 1.54) is 21.6 Å². The quantitative estimate of drug-likeness (QED) is 0.578. The van der Waals surface area contributed by atoms with Gasteiger partial charge in [-0.15, -0.1) is 11.3 Å². The summed E-state index contributed by atoms with van der Waals surface area (Å²) in [5.41, 5.74) is 3.59. The van der Waals surface area contributed by atoms with Gasteiger partial charge in [-0.05, 0) is 60.7 Å². The third-order valence-corrected chi connectivity index (χ3v) is 7.63. The smallest absolute Gasteiger partial charge is 0.242 e. The van der Waals surface area contributed by atoms with Gasteiger partial charge in [0.25, 0.3) is 0 Å². The van der Waals surface area contributed by atoms with Crippen molar-refractivity contribution < 1.29 is 14.3 Å². The maximum Gasteiger partial charge on any atom is 0.242 e. The molecule has 1 aliphatic heterocycles.